The van der Waals surface area contributed by atoms with Gasteiger partial charge < -0.3 is 15.6 Å². The molecule has 4 rings (SSSR count). The number of benzene rings is 1. The van der Waals surface area contributed by atoms with Crippen molar-refractivity contribution in [1.29, 1.82) is 0 Å². The third kappa shape index (κ3) is 3.52. The molecule has 122 valence electrons. The standard InChI is InChI=1S/C17H21N5.HI/c18-17(20-14-5-4-12-2-1-3-13(12)10-14)21-15-6-8-22-9-7-19-16(22)11-15;/h4-5,7,9-10,15H,1-3,6,8,11H2,(H3,18,20,21);1H. The van der Waals surface area contributed by atoms with Crippen LogP contribution in [0.4, 0.5) is 5.69 Å². The van der Waals surface area contributed by atoms with Crippen molar-refractivity contribution in [3.05, 3.63) is 47.5 Å². The number of aliphatic imine (C=N–C) groups is 1. The Morgan fingerprint density at radius 1 is 1.30 bits per heavy atom. The Hall–Kier alpha value is -1.57. The Bertz CT molecular complexity index is 722. The molecule has 0 amide bonds. The number of hydrogen-bond donors (Lipinski definition) is 2. The highest BCUT2D eigenvalue weighted by molar-refractivity contribution is 14.0. The van der Waals surface area contributed by atoms with Gasteiger partial charge >= 0.3 is 0 Å². The van der Waals surface area contributed by atoms with Crippen LogP contribution in [0.3, 0.4) is 0 Å². The van der Waals surface area contributed by atoms with Gasteiger partial charge in [0.1, 0.15) is 5.82 Å². The molecule has 0 fully saturated rings. The number of nitrogens with one attached hydrogen (secondary N) is 1. The molecule has 1 aromatic heterocycles. The van der Waals surface area contributed by atoms with E-state index in [0.717, 1.165) is 30.9 Å². The number of aryl methyl sites for hydroxylation is 3. The average molecular weight is 423 g/mol. The zero-order valence-corrected chi connectivity index (χ0v) is 15.4. The molecule has 3 N–H and O–H groups in total. The van der Waals surface area contributed by atoms with Crippen LogP contribution in [-0.2, 0) is 25.8 Å². The van der Waals surface area contributed by atoms with Crippen LogP contribution < -0.4 is 11.1 Å². The highest BCUT2D eigenvalue weighted by Crippen LogP contribution is 2.25. The van der Waals surface area contributed by atoms with Crippen molar-refractivity contribution in [1.82, 2.24) is 9.55 Å². The van der Waals surface area contributed by atoms with E-state index >= 15 is 0 Å². The molecule has 0 saturated carbocycles. The van der Waals surface area contributed by atoms with E-state index < -0.39 is 0 Å². The maximum atomic E-state index is 6.09. The van der Waals surface area contributed by atoms with E-state index in [1.54, 1.807) is 0 Å². The van der Waals surface area contributed by atoms with Gasteiger partial charge in [-0.1, -0.05) is 6.07 Å². The van der Waals surface area contributed by atoms with Crippen LogP contribution in [0.1, 0.15) is 29.8 Å². The number of rotatable bonds is 2. The van der Waals surface area contributed by atoms with Gasteiger partial charge in [0.15, 0.2) is 5.96 Å². The third-order valence-corrected chi connectivity index (χ3v) is 4.62. The van der Waals surface area contributed by atoms with E-state index in [-0.39, 0.29) is 30.0 Å². The molecule has 0 spiro atoms. The molecule has 1 aromatic carbocycles. The normalized spacial score (nSPS) is 19.7. The molecule has 2 heterocycles. The minimum atomic E-state index is 0. The fourth-order valence-electron chi connectivity index (χ4n) is 3.47. The minimum Gasteiger partial charge on any atom is -0.370 e. The first kappa shape index (κ1) is 16.3. The van der Waals surface area contributed by atoms with Crippen molar-refractivity contribution >= 4 is 35.6 Å². The number of aromatic nitrogens is 2. The number of anilines is 1. The van der Waals surface area contributed by atoms with Crippen LogP contribution in [0.15, 0.2) is 35.6 Å². The summed E-state index contributed by atoms with van der Waals surface area (Å²) < 4.78 is 2.19. The third-order valence-electron chi connectivity index (χ3n) is 4.62. The summed E-state index contributed by atoms with van der Waals surface area (Å²) in [4.78, 5) is 9.00. The average Bonchev–Trinajstić information content (AvgIpc) is 3.14. The second-order valence-corrected chi connectivity index (χ2v) is 6.16. The summed E-state index contributed by atoms with van der Waals surface area (Å²) in [5.41, 5.74) is 10.0. The SMILES string of the molecule is I.NC(=NC1CCn2ccnc2C1)Nc1ccc2c(c1)CCC2. The molecular weight excluding hydrogens is 401 g/mol. The molecule has 0 radical (unpaired) electrons. The van der Waals surface area contributed by atoms with E-state index in [1.807, 2.05) is 12.4 Å². The Morgan fingerprint density at radius 3 is 3.09 bits per heavy atom. The molecule has 1 aliphatic carbocycles. The van der Waals surface area contributed by atoms with Crippen LogP contribution in [0.25, 0.3) is 0 Å². The maximum absolute atomic E-state index is 6.09. The number of halogens is 1. The van der Waals surface area contributed by atoms with Crippen LogP contribution in [0, 0.1) is 0 Å². The molecule has 1 aliphatic heterocycles. The lowest BCUT2D eigenvalue weighted by Crippen LogP contribution is -2.29. The highest BCUT2D eigenvalue weighted by atomic mass is 127. The zero-order valence-electron chi connectivity index (χ0n) is 13.0. The Balaban J connectivity index is 0.00000156. The second-order valence-electron chi connectivity index (χ2n) is 6.16. The van der Waals surface area contributed by atoms with Gasteiger partial charge in [0.2, 0.25) is 0 Å². The molecule has 0 bridgehead atoms. The molecule has 2 aromatic rings. The summed E-state index contributed by atoms with van der Waals surface area (Å²) in [6.45, 7) is 0.968. The van der Waals surface area contributed by atoms with E-state index in [4.69, 9.17) is 5.73 Å². The summed E-state index contributed by atoms with van der Waals surface area (Å²) >= 11 is 0. The summed E-state index contributed by atoms with van der Waals surface area (Å²) in [5, 5.41) is 3.24. The maximum Gasteiger partial charge on any atom is 0.193 e. The van der Waals surface area contributed by atoms with E-state index in [1.165, 1.54) is 30.4 Å². The van der Waals surface area contributed by atoms with Gasteiger partial charge in [-0.25, -0.2) is 9.98 Å². The minimum absolute atomic E-state index is 0. The van der Waals surface area contributed by atoms with E-state index in [2.05, 4.69) is 38.1 Å². The predicted octanol–water partition coefficient (Wildman–Crippen LogP) is 2.73. The van der Waals surface area contributed by atoms with Gasteiger partial charge in [-0.3, -0.25) is 0 Å². The largest absolute Gasteiger partial charge is 0.370 e. The number of nitrogens with two attached hydrogens (primary N) is 1. The van der Waals surface area contributed by atoms with Crippen molar-refractivity contribution in [3.8, 4) is 0 Å². The summed E-state index contributed by atoms with van der Waals surface area (Å²) in [6, 6.07) is 6.73. The summed E-state index contributed by atoms with van der Waals surface area (Å²) in [5.74, 6) is 1.60. The molecule has 5 nitrogen and oxygen atoms in total. The van der Waals surface area contributed by atoms with Crippen LogP contribution in [0.2, 0.25) is 0 Å². The van der Waals surface area contributed by atoms with Gasteiger partial charge in [-0.15, -0.1) is 24.0 Å². The van der Waals surface area contributed by atoms with Crippen molar-refractivity contribution < 1.29 is 0 Å². The number of hydrogen-bond acceptors (Lipinski definition) is 2. The summed E-state index contributed by atoms with van der Waals surface area (Å²) in [7, 11) is 0. The van der Waals surface area contributed by atoms with Gasteiger partial charge in [0.25, 0.3) is 0 Å². The quantitative estimate of drug-likeness (QED) is 0.444. The molecule has 0 saturated heterocycles. The molecule has 6 heteroatoms. The first-order valence-corrected chi connectivity index (χ1v) is 8.00. The first-order valence-electron chi connectivity index (χ1n) is 8.00. The lowest BCUT2D eigenvalue weighted by Gasteiger charge is -2.20. The van der Waals surface area contributed by atoms with Crippen LogP contribution in [0.5, 0.6) is 0 Å². The van der Waals surface area contributed by atoms with E-state index in [9.17, 15) is 0 Å². The van der Waals surface area contributed by atoms with Gasteiger partial charge in [0, 0.05) is 31.0 Å². The summed E-state index contributed by atoms with van der Waals surface area (Å²) in [6.07, 6.45) is 9.39. The fraction of sp³-hybridized carbons (Fsp3) is 0.412. The number of nitrogens with zero attached hydrogens (tertiary/aromatic N) is 3. The number of imidazole rings is 1. The molecule has 23 heavy (non-hydrogen) atoms. The molecule has 2 aliphatic rings. The second kappa shape index (κ2) is 6.90. The van der Waals surface area contributed by atoms with Crippen molar-refractivity contribution in [2.75, 3.05) is 5.32 Å². The molecule has 1 unspecified atom stereocenters. The van der Waals surface area contributed by atoms with Gasteiger partial charge in [-0.05, 0) is 48.9 Å². The van der Waals surface area contributed by atoms with Gasteiger partial charge in [0.05, 0.1) is 6.04 Å². The van der Waals surface area contributed by atoms with Crippen LogP contribution >= 0.6 is 24.0 Å². The molecular formula is C17H22IN5. The Labute approximate surface area is 153 Å². The fourth-order valence-corrected chi connectivity index (χ4v) is 3.47. The van der Waals surface area contributed by atoms with E-state index in [0.29, 0.717) is 5.96 Å². The van der Waals surface area contributed by atoms with Crippen molar-refractivity contribution in [2.24, 2.45) is 10.7 Å². The van der Waals surface area contributed by atoms with Crippen molar-refractivity contribution in [2.45, 2.75) is 44.7 Å². The Kier molecular flexibility index (Phi) is 4.89. The highest BCUT2D eigenvalue weighted by Gasteiger charge is 2.18. The lowest BCUT2D eigenvalue weighted by molar-refractivity contribution is 0.465. The predicted molar refractivity (Wildman–Crippen MR) is 103 cm³/mol. The van der Waals surface area contributed by atoms with Crippen LogP contribution in [-0.4, -0.2) is 21.6 Å². The lowest BCUT2D eigenvalue weighted by atomic mass is 10.1. The van der Waals surface area contributed by atoms with Crippen molar-refractivity contribution in [3.63, 3.8) is 0 Å². The number of fused-ring (bicyclic) bond motifs is 2. The molecule has 1 atom stereocenters. The Morgan fingerprint density at radius 2 is 2.17 bits per heavy atom. The topological polar surface area (TPSA) is 68.2 Å². The number of guanidine groups is 1. The van der Waals surface area contributed by atoms with Gasteiger partial charge in [-0.2, -0.15) is 0 Å². The monoisotopic (exact) mass is 423 g/mol. The smallest absolute Gasteiger partial charge is 0.193 e. The first-order chi connectivity index (χ1) is 10.8. The zero-order chi connectivity index (χ0) is 14.9.